The Labute approximate surface area is 221 Å². The van der Waals surface area contributed by atoms with Gasteiger partial charge in [-0.1, -0.05) is 6.08 Å². The summed E-state index contributed by atoms with van der Waals surface area (Å²) in [6.07, 6.45) is 3.49. The first-order valence-corrected chi connectivity index (χ1v) is 11.8. The molecule has 3 saturated heterocycles. The SMILES string of the molecule is C=C[C@H]1C[N@@+]2(Cc3c(F)c(F)c(F)c(F)c3F)CC[C@H]1C[C@H]2C(O)c1ccnc2ccc(OC)cc12.[Br-]. The van der Waals surface area contributed by atoms with Crippen LogP contribution in [0, 0.1) is 40.9 Å². The quantitative estimate of drug-likeness (QED) is 0.159. The summed E-state index contributed by atoms with van der Waals surface area (Å²) in [7, 11) is 1.53. The number of nitrogens with zero attached hydrogens (tertiary/aromatic N) is 2. The number of halogens is 6. The highest BCUT2D eigenvalue weighted by molar-refractivity contribution is 5.83. The molecule has 3 aromatic rings. The highest BCUT2D eigenvalue weighted by Crippen LogP contribution is 2.48. The summed E-state index contributed by atoms with van der Waals surface area (Å²) >= 11 is 0. The fourth-order valence-corrected chi connectivity index (χ4v) is 6.22. The molecule has 6 rings (SSSR count). The van der Waals surface area contributed by atoms with Crippen molar-refractivity contribution in [2.24, 2.45) is 11.8 Å². The van der Waals surface area contributed by atoms with Gasteiger partial charge >= 0.3 is 0 Å². The van der Waals surface area contributed by atoms with E-state index in [1.165, 1.54) is 7.11 Å². The average Bonchev–Trinajstić information content (AvgIpc) is 2.92. The van der Waals surface area contributed by atoms with Crippen molar-refractivity contribution >= 4 is 10.9 Å². The summed E-state index contributed by atoms with van der Waals surface area (Å²) in [5.74, 6) is -8.98. The highest BCUT2D eigenvalue weighted by Gasteiger charge is 2.54. The van der Waals surface area contributed by atoms with Crippen molar-refractivity contribution in [3.8, 4) is 5.75 Å². The highest BCUT2D eigenvalue weighted by atomic mass is 79.9. The van der Waals surface area contributed by atoms with Gasteiger partial charge in [0.15, 0.2) is 23.3 Å². The Morgan fingerprint density at radius 2 is 1.78 bits per heavy atom. The van der Waals surface area contributed by atoms with Gasteiger partial charge in [-0.2, -0.15) is 0 Å². The molecular weight excluding hydrogens is 559 g/mol. The lowest BCUT2D eigenvalue weighted by atomic mass is 9.71. The molecule has 2 aromatic carbocycles. The molecule has 37 heavy (non-hydrogen) atoms. The van der Waals surface area contributed by atoms with Crippen molar-refractivity contribution in [1.29, 1.82) is 0 Å². The molecule has 3 aliphatic rings. The van der Waals surface area contributed by atoms with Crippen LogP contribution in [0.2, 0.25) is 0 Å². The summed E-state index contributed by atoms with van der Waals surface area (Å²) < 4.78 is 76.7. The number of ether oxygens (including phenoxy) is 1. The summed E-state index contributed by atoms with van der Waals surface area (Å²) in [4.78, 5) is 4.35. The van der Waals surface area contributed by atoms with Gasteiger partial charge in [0.25, 0.3) is 0 Å². The lowest BCUT2D eigenvalue weighted by molar-refractivity contribution is -0.985. The predicted octanol–water partition coefficient (Wildman–Crippen LogP) is 2.59. The maximum atomic E-state index is 14.8. The number of piperidine rings is 3. The third-order valence-corrected chi connectivity index (χ3v) is 8.11. The Kier molecular flexibility index (Phi) is 7.65. The van der Waals surface area contributed by atoms with Crippen molar-refractivity contribution in [2.45, 2.75) is 31.5 Å². The number of aromatic nitrogens is 1. The van der Waals surface area contributed by atoms with Gasteiger partial charge in [-0.15, -0.1) is 6.58 Å². The fourth-order valence-electron chi connectivity index (χ4n) is 6.22. The number of aliphatic hydroxyl groups is 1. The van der Waals surface area contributed by atoms with E-state index >= 15 is 0 Å². The number of fused-ring (bicyclic) bond motifs is 4. The number of aliphatic hydroxyl groups excluding tert-OH is 1. The minimum atomic E-state index is -2.18. The van der Waals surface area contributed by atoms with Crippen LogP contribution in [-0.4, -0.2) is 40.8 Å². The number of quaternary nitrogens is 1. The van der Waals surface area contributed by atoms with Crippen LogP contribution in [0.15, 0.2) is 43.1 Å². The number of rotatable bonds is 6. The second-order valence-corrected chi connectivity index (χ2v) is 9.81. The second kappa shape index (κ2) is 10.3. The number of hydrogen-bond donors (Lipinski definition) is 1. The molecule has 5 atom stereocenters. The van der Waals surface area contributed by atoms with Crippen molar-refractivity contribution in [1.82, 2.24) is 4.98 Å². The smallest absolute Gasteiger partial charge is 0.200 e. The lowest BCUT2D eigenvalue weighted by Crippen LogP contribution is -3.00. The van der Waals surface area contributed by atoms with Crippen LogP contribution >= 0.6 is 0 Å². The first kappa shape index (κ1) is 27.5. The zero-order valence-electron chi connectivity index (χ0n) is 20.0. The minimum absolute atomic E-state index is 0. The van der Waals surface area contributed by atoms with E-state index in [9.17, 15) is 27.1 Å². The molecule has 3 aliphatic heterocycles. The van der Waals surface area contributed by atoms with Crippen LogP contribution in [0.3, 0.4) is 0 Å². The van der Waals surface area contributed by atoms with Gasteiger partial charge in [-0.3, -0.25) is 4.98 Å². The lowest BCUT2D eigenvalue weighted by Gasteiger charge is -2.58. The largest absolute Gasteiger partial charge is 1.00 e. The van der Waals surface area contributed by atoms with Gasteiger partial charge in [-0.05, 0) is 35.7 Å². The van der Waals surface area contributed by atoms with Crippen LogP contribution in [0.5, 0.6) is 5.75 Å². The maximum Gasteiger partial charge on any atom is 0.200 e. The Morgan fingerprint density at radius 1 is 1.11 bits per heavy atom. The minimum Gasteiger partial charge on any atom is -1.00 e. The molecule has 0 amide bonds. The molecule has 4 heterocycles. The number of pyridine rings is 1. The molecular formula is C27H26BrF5N2O2. The van der Waals surface area contributed by atoms with Crippen molar-refractivity contribution < 1.29 is 53.3 Å². The topological polar surface area (TPSA) is 42.4 Å². The third-order valence-electron chi connectivity index (χ3n) is 8.11. The summed E-state index contributed by atoms with van der Waals surface area (Å²) in [5, 5.41) is 12.4. The molecule has 198 valence electrons. The average molecular weight is 585 g/mol. The van der Waals surface area contributed by atoms with Crippen LogP contribution in [0.4, 0.5) is 22.0 Å². The van der Waals surface area contributed by atoms with Gasteiger partial charge in [0, 0.05) is 30.3 Å². The van der Waals surface area contributed by atoms with Crippen LogP contribution in [0.1, 0.15) is 30.1 Å². The summed E-state index contributed by atoms with van der Waals surface area (Å²) in [6, 6.07) is 6.44. The van der Waals surface area contributed by atoms with Crippen LogP contribution in [0.25, 0.3) is 10.9 Å². The molecule has 1 unspecified atom stereocenters. The van der Waals surface area contributed by atoms with Crippen LogP contribution < -0.4 is 21.7 Å². The van der Waals surface area contributed by atoms with E-state index in [2.05, 4.69) is 11.6 Å². The van der Waals surface area contributed by atoms with Crippen LogP contribution in [-0.2, 0) is 6.54 Å². The summed E-state index contributed by atoms with van der Waals surface area (Å²) in [5.41, 5.74) is 0.355. The monoisotopic (exact) mass is 584 g/mol. The Bertz CT molecular complexity index is 1330. The van der Waals surface area contributed by atoms with E-state index in [1.807, 2.05) is 0 Å². The molecule has 2 bridgehead atoms. The van der Waals surface area contributed by atoms with Gasteiger partial charge in [-0.25, -0.2) is 22.0 Å². The first-order valence-electron chi connectivity index (χ1n) is 11.8. The van der Waals surface area contributed by atoms with Crippen molar-refractivity contribution in [3.63, 3.8) is 0 Å². The number of benzene rings is 2. The third kappa shape index (κ3) is 4.42. The molecule has 1 aromatic heterocycles. The molecule has 0 aliphatic carbocycles. The van der Waals surface area contributed by atoms with Gasteiger partial charge in [0.2, 0.25) is 5.82 Å². The standard InChI is InChI=1S/C27H26F5N2O2.BrH/c1-3-14-12-34(13-19-22(28)24(30)26(32)25(31)23(19)29)9-7-15(14)10-21(34)27(35)17-6-8-33-20-5-4-16(36-2)11-18(17)20;/h3-6,8,11,14-15,21,27,35H,1,7,9-10,12-13H2,2H3;1H/q+1;/p-1/t14-,15-,21-,27?,34+;/m0./s1. The first-order chi connectivity index (χ1) is 17.2. The molecule has 10 heteroatoms. The zero-order chi connectivity index (χ0) is 25.8. The molecule has 3 fully saturated rings. The van der Waals surface area contributed by atoms with Gasteiger partial charge < -0.3 is 31.3 Å². The van der Waals surface area contributed by atoms with E-state index < -0.39 is 53.3 Å². The fraction of sp³-hybridized carbons (Fsp3) is 0.370. The normalized spacial score (nSPS) is 25.5. The van der Waals surface area contributed by atoms with E-state index in [0.717, 1.165) is 0 Å². The van der Waals surface area contributed by atoms with E-state index in [4.69, 9.17) is 4.74 Å². The maximum absolute atomic E-state index is 14.8. The van der Waals surface area contributed by atoms with Crippen molar-refractivity contribution in [3.05, 3.63) is 83.3 Å². The van der Waals surface area contributed by atoms with Gasteiger partial charge in [0.05, 0.1) is 31.3 Å². The predicted molar refractivity (Wildman–Crippen MR) is 123 cm³/mol. The molecule has 0 spiro atoms. The molecule has 0 radical (unpaired) electrons. The Morgan fingerprint density at radius 3 is 2.43 bits per heavy atom. The van der Waals surface area contributed by atoms with Gasteiger partial charge in [0.1, 0.15) is 24.4 Å². The Balaban J connectivity index is 0.00000320. The summed E-state index contributed by atoms with van der Waals surface area (Å²) in [6.45, 7) is 4.27. The van der Waals surface area contributed by atoms with E-state index in [0.29, 0.717) is 48.1 Å². The van der Waals surface area contributed by atoms with E-state index in [1.54, 1.807) is 36.5 Å². The second-order valence-electron chi connectivity index (χ2n) is 9.81. The van der Waals surface area contributed by atoms with E-state index in [-0.39, 0.29) is 33.3 Å². The van der Waals surface area contributed by atoms with Crippen molar-refractivity contribution in [2.75, 3.05) is 20.2 Å². The molecule has 0 saturated carbocycles. The molecule has 4 nitrogen and oxygen atoms in total. The number of hydrogen-bond acceptors (Lipinski definition) is 3. The Hall–Kier alpha value is -2.56. The number of methoxy groups -OCH3 is 1. The zero-order valence-corrected chi connectivity index (χ0v) is 21.6. The molecule has 1 N–H and O–H groups in total.